The summed E-state index contributed by atoms with van der Waals surface area (Å²) >= 11 is 9.47. The molecule has 1 atom stereocenters. The summed E-state index contributed by atoms with van der Waals surface area (Å²) in [7, 11) is 0. The lowest BCUT2D eigenvalue weighted by Gasteiger charge is -2.38. The molecule has 1 aliphatic heterocycles. The minimum absolute atomic E-state index is 0.633. The molecule has 6 heteroatoms. The first-order valence-corrected chi connectivity index (χ1v) is 9.18. The molecule has 1 aromatic carbocycles. The quantitative estimate of drug-likeness (QED) is 0.832. The first kappa shape index (κ1) is 17.7. The molecule has 1 unspecified atom stereocenters. The minimum Gasteiger partial charge on any atom is -0.374 e. The molecular weight excluding hydrogens is 390 g/mol. The van der Waals surface area contributed by atoms with Gasteiger partial charge in [0.15, 0.2) is 0 Å². The van der Waals surface area contributed by atoms with Gasteiger partial charge in [-0.25, -0.2) is 4.98 Å². The van der Waals surface area contributed by atoms with E-state index in [1.807, 2.05) is 18.3 Å². The van der Waals surface area contributed by atoms with E-state index in [9.17, 15) is 5.11 Å². The minimum atomic E-state index is -0.633. The molecule has 0 aliphatic carbocycles. The van der Waals surface area contributed by atoms with Crippen molar-refractivity contribution in [2.75, 3.05) is 31.1 Å². The van der Waals surface area contributed by atoms with Crippen LogP contribution in [0.3, 0.4) is 0 Å². The number of piperazine rings is 1. The van der Waals surface area contributed by atoms with Crippen molar-refractivity contribution >= 4 is 33.3 Å². The topological polar surface area (TPSA) is 39.6 Å². The summed E-state index contributed by atoms with van der Waals surface area (Å²) in [5.74, 6) is 1.04. The van der Waals surface area contributed by atoms with E-state index in [2.05, 4.69) is 50.6 Å². The Bertz CT molecular complexity index is 732. The van der Waals surface area contributed by atoms with Crippen LogP contribution in [-0.2, 0) is 0 Å². The fourth-order valence-corrected chi connectivity index (χ4v) is 4.01. The molecule has 24 heavy (non-hydrogen) atoms. The summed E-state index contributed by atoms with van der Waals surface area (Å²) in [5.41, 5.74) is 3.22. The Hall–Kier alpha value is -1.14. The van der Waals surface area contributed by atoms with Crippen LogP contribution in [0.2, 0.25) is 5.02 Å². The number of aliphatic hydroxyl groups excluding tert-OH is 1. The molecule has 0 spiro atoms. The van der Waals surface area contributed by atoms with Crippen molar-refractivity contribution < 1.29 is 5.11 Å². The van der Waals surface area contributed by atoms with Gasteiger partial charge in [0.25, 0.3) is 0 Å². The third-order valence-electron chi connectivity index (χ3n) is 4.39. The second-order valence-corrected chi connectivity index (χ2v) is 7.51. The molecule has 0 bridgehead atoms. The van der Waals surface area contributed by atoms with Gasteiger partial charge in [-0.05, 0) is 37.1 Å². The number of pyridine rings is 1. The number of aliphatic hydroxyl groups is 1. The zero-order valence-electron chi connectivity index (χ0n) is 13.8. The van der Waals surface area contributed by atoms with E-state index in [4.69, 9.17) is 11.6 Å². The second-order valence-electron chi connectivity index (χ2n) is 6.22. The molecular formula is C18H21BrClN3O. The molecule has 1 fully saturated rings. The summed E-state index contributed by atoms with van der Waals surface area (Å²) in [6, 6.07) is 7.65. The number of rotatable bonds is 3. The largest absolute Gasteiger partial charge is 0.374 e. The molecule has 0 saturated carbocycles. The first-order valence-electron chi connectivity index (χ1n) is 8.01. The van der Waals surface area contributed by atoms with E-state index in [1.165, 1.54) is 11.1 Å². The van der Waals surface area contributed by atoms with Crippen LogP contribution in [0.15, 0.2) is 34.9 Å². The maximum Gasteiger partial charge on any atom is 0.134 e. The molecule has 2 aromatic rings. The molecule has 0 radical (unpaired) electrons. The Kier molecular flexibility index (Phi) is 5.45. The predicted molar refractivity (Wildman–Crippen MR) is 102 cm³/mol. The highest BCUT2D eigenvalue weighted by Crippen LogP contribution is 2.30. The molecule has 4 nitrogen and oxygen atoms in total. The van der Waals surface area contributed by atoms with Gasteiger partial charge in [0.05, 0.1) is 0 Å². The van der Waals surface area contributed by atoms with Gasteiger partial charge in [-0.3, -0.25) is 4.90 Å². The number of aromatic nitrogens is 1. The summed E-state index contributed by atoms with van der Waals surface area (Å²) in [6.07, 6.45) is 1.28. The van der Waals surface area contributed by atoms with Crippen LogP contribution in [0, 0.1) is 13.8 Å². The summed E-state index contributed by atoms with van der Waals surface area (Å²) in [4.78, 5) is 8.94. The lowest BCUT2D eigenvalue weighted by molar-refractivity contribution is -0.00221. The zero-order chi connectivity index (χ0) is 17.3. The molecule has 0 amide bonds. The number of hydrogen-bond acceptors (Lipinski definition) is 4. The molecule has 1 aliphatic rings. The van der Waals surface area contributed by atoms with Crippen molar-refractivity contribution in [3.05, 3.63) is 56.6 Å². The molecule has 1 N–H and O–H groups in total. The zero-order valence-corrected chi connectivity index (χ0v) is 16.2. The highest BCUT2D eigenvalue weighted by Gasteiger charge is 2.25. The van der Waals surface area contributed by atoms with E-state index in [0.717, 1.165) is 42.0 Å². The molecule has 128 valence electrons. The van der Waals surface area contributed by atoms with Crippen molar-refractivity contribution in [3.8, 4) is 0 Å². The number of nitrogens with zero attached hydrogens (tertiary/aromatic N) is 3. The van der Waals surface area contributed by atoms with E-state index in [0.29, 0.717) is 5.02 Å². The van der Waals surface area contributed by atoms with Gasteiger partial charge in [-0.15, -0.1) is 0 Å². The van der Waals surface area contributed by atoms with E-state index in [1.54, 1.807) is 6.07 Å². The van der Waals surface area contributed by atoms with Crippen LogP contribution < -0.4 is 4.90 Å². The van der Waals surface area contributed by atoms with E-state index in [-0.39, 0.29) is 0 Å². The summed E-state index contributed by atoms with van der Waals surface area (Å²) < 4.78 is 0.834. The molecule has 3 rings (SSSR count). The number of anilines is 1. The molecule has 2 heterocycles. The van der Waals surface area contributed by atoms with Crippen LogP contribution in [0.5, 0.6) is 0 Å². The van der Waals surface area contributed by atoms with Crippen LogP contribution >= 0.6 is 27.5 Å². The number of hydrogen-bond donors (Lipinski definition) is 1. The lowest BCUT2D eigenvalue weighted by Crippen LogP contribution is -2.48. The van der Waals surface area contributed by atoms with Crippen LogP contribution in [0.1, 0.15) is 22.9 Å². The number of aryl methyl sites for hydroxylation is 2. The van der Waals surface area contributed by atoms with Crippen molar-refractivity contribution in [3.63, 3.8) is 0 Å². The third kappa shape index (κ3) is 3.75. The maximum absolute atomic E-state index is 10.7. The Morgan fingerprint density at radius 2 is 1.88 bits per heavy atom. The summed E-state index contributed by atoms with van der Waals surface area (Å²) in [5, 5.41) is 11.3. The average molecular weight is 411 g/mol. The van der Waals surface area contributed by atoms with Crippen LogP contribution in [0.4, 0.5) is 5.82 Å². The fraction of sp³-hybridized carbons (Fsp3) is 0.389. The SMILES string of the molecule is Cc1cnc(N2CCN(C(O)c3ccc(Cl)cc3Br)CC2)c(C)c1. The normalized spacial score (nSPS) is 17.1. The number of halogens is 2. The smallest absolute Gasteiger partial charge is 0.134 e. The first-order chi connectivity index (χ1) is 11.5. The van der Waals surface area contributed by atoms with Gasteiger partial charge in [-0.1, -0.05) is 39.7 Å². The van der Waals surface area contributed by atoms with Gasteiger partial charge >= 0.3 is 0 Å². The van der Waals surface area contributed by atoms with E-state index >= 15 is 0 Å². The van der Waals surface area contributed by atoms with Crippen molar-refractivity contribution in [1.29, 1.82) is 0 Å². The average Bonchev–Trinajstić information content (AvgIpc) is 2.54. The Labute approximate surface area is 156 Å². The fourth-order valence-electron chi connectivity index (χ4n) is 3.13. The Morgan fingerprint density at radius 3 is 2.50 bits per heavy atom. The van der Waals surface area contributed by atoms with Crippen molar-refractivity contribution in [2.45, 2.75) is 20.1 Å². The van der Waals surface area contributed by atoms with Crippen molar-refractivity contribution in [2.24, 2.45) is 0 Å². The lowest BCUT2D eigenvalue weighted by atomic mass is 10.1. The highest BCUT2D eigenvalue weighted by atomic mass is 79.9. The van der Waals surface area contributed by atoms with Gasteiger partial charge < -0.3 is 10.0 Å². The standard InChI is InChI=1S/C18H21BrClN3O/c1-12-9-13(2)17(21-11-12)22-5-7-23(8-6-22)18(24)15-4-3-14(20)10-16(15)19/h3-4,9-11,18,24H,5-8H2,1-2H3. The van der Waals surface area contributed by atoms with Gasteiger partial charge in [0.1, 0.15) is 12.0 Å². The van der Waals surface area contributed by atoms with Crippen molar-refractivity contribution in [1.82, 2.24) is 9.88 Å². The third-order valence-corrected chi connectivity index (χ3v) is 5.31. The number of benzene rings is 1. The van der Waals surface area contributed by atoms with E-state index < -0.39 is 6.23 Å². The predicted octanol–water partition coefficient (Wildman–Crippen LogP) is 3.93. The Morgan fingerprint density at radius 1 is 1.17 bits per heavy atom. The summed E-state index contributed by atoms with van der Waals surface area (Å²) in [6.45, 7) is 7.41. The van der Waals surface area contributed by atoms with Crippen LogP contribution in [0.25, 0.3) is 0 Å². The van der Waals surface area contributed by atoms with Gasteiger partial charge in [0.2, 0.25) is 0 Å². The monoisotopic (exact) mass is 409 g/mol. The van der Waals surface area contributed by atoms with Crippen LogP contribution in [-0.4, -0.2) is 41.2 Å². The van der Waals surface area contributed by atoms with Gasteiger partial charge in [0, 0.05) is 47.4 Å². The molecule has 1 aromatic heterocycles. The highest BCUT2D eigenvalue weighted by molar-refractivity contribution is 9.10. The maximum atomic E-state index is 10.7. The molecule has 1 saturated heterocycles. The second kappa shape index (κ2) is 7.40. The van der Waals surface area contributed by atoms with Gasteiger partial charge in [-0.2, -0.15) is 0 Å². The Balaban J connectivity index is 1.68.